The fourth-order valence-corrected chi connectivity index (χ4v) is 3.12. The van der Waals surface area contributed by atoms with Crippen molar-refractivity contribution < 1.29 is 4.79 Å². The molecule has 1 saturated heterocycles. The summed E-state index contributed by atoms with van der Waals surface area (Å²) in [6.45, 7) is 6.31. The number of rotatable bonds is 3. The summed E-state index contributed by atoms with van der Waals surface area (Å²) < 4.78 is 0. The lowest BCUT2D eigenvalue weighted by Crippen LogP contribution is -2.47. The van der Waals surface area contributed by atoms with E-state index < -0.39 is 0 Å². The number of hydrogen-bond acceptors (Lipinski definition) is 3. The molecule has 1 heterocycles. The molecule has 0 bridgehead atoms. The molecule has 2 aliphatic rings. The Morgan fingerprint density at radius 3 is 2.79 bits per heavy atom. The Kier molecular flexibility index (Phi) is 3.17. The van der Waals surface area contributed by atoms with E-state index in [2.05, 4.69) is 18.7 Å². The van der Waals surface area contributed by atoms with Gasteiger partial charge in [0.25, 0.3) is 0 Å². The first kappa shape index (κ1) is 10.5. The minimum absolute atomic E-state index is 0.423. The second kappa shape index (κ2) is 4.23. The van der Waals surface area contributed by atoms with Gasteiger partial charge in [-0.05, 0) is 19.8 Å². The maximum Gasteiger partial charge on any atom is 0.149 e. The molecule has 0 spiro atoms. The van der Waals surface area contributed by atoms with Crippen LogP contribution >= 0.6 is 11.8 Å². The van der Waals surface area contributed by atoms with Gasteiger partial charge in [0, 0.05) is 29.5 Å². The Balaban J connectivity index is 1.85. The lowest BCUT2D eigenvalue weighted by atomic mass is 10.1. The van der Waals surface area contributed by atoms with Crippen LogP contribution in [0.15, 0.2) is 0 Å². The van der Waals surface area contributed by atoms with E-state index in [1.807, 2.05) is 11.8 Å². The molecule has 2 nitrogen and oxygen atoms in total. The summed E-state index contributed by atoms with van der Waals surface area (Å²) in [6, 6.07) is 0.566. The third-order valence-electron chi connectivity index (χ3n) is 3.41. The summed E-state index contributed by atoms with van der Waals surface area (Å²) in [6.07, 6.45) is 2.29. The number of nitrogens with zero attached hydrogens (tertiary/aromatic N) is 1. The minimum Gasteiger partial charge on any atom is -0.298 e. The van der Waals surface area contributed by atoms with Crippen LogP contribution in [0, 0.1) is 5.92 Å². The SMILES string of the molecule is CC1SCCN(CC(=O)C2CC2)C1C. The van der Waals surface area contributed by atoms with Crippen LogP contribution in [0.2, 0.25) is 0 Å². The molecule has 1 aliphatic heterocycles. The summed E-state index contributed by atoms with van der Waals surface area (Å²) in [7, 11) is 0. The Morgan fingerprint density at radius 1 is 1.43 bits per heavy atom. The molecule has 0 amide bonds. The molecule has 0 aromatic heterocycles. The zero-order chi connectivity index (χ0) is 10.1. The van der Waals surface area contributed by atoms with E-state index in [0.29, 0.717) is 29.5 Å². The summed E-state index contributed by atoms with van der Waals surface area (Å²) in [5.74, 6) is 2.09. The highest BCUT2D eigenvalue weighted by atomic mass is 32.2. The fraction of sp³-hybridized carbons (Fsp3) is 0.909. The van der Waals surface area contributed by atoms with E-state index in [1.54, 1.807) is 0 Å². The molecule has 2 rings (SSSR count). The van der Waals surface area contributed by atoms with E-state index in [0.717, 1.165) is 19.4 Å². The number of hydrogen-bond donors (Lipinski definition) is 0. The average Bonchev–Trinajstić information content (AvgIpc) is 2.95. The molecule has 0 radical (unpaired) electrons. The molecule has 14 heavy (non-hydrogen) atoms. The maximum absolute atomic E-state index is 11.7. The minimum atomic E-state index is 0.423. The number of thioether (sulfide) groups is 1. The zero-order valence-corrected chi connectivity index (χ0v) is 9.85. The Hall–Kier alpha value is -0.0200. The number of carbonyl (C=O) groups is 1. The highest BCUT2D eigenvalue weighted by Crippen LogP contribution is 2.31. The smallest absolute Gasteiger partial charge is 0.149 e. The van der Waals surface area contributed by atoms with Crippen molar-refractivity contribution in [1.29, 1.82) is 0 Å². The van der Waals surface area contributed by atoms with Crippen molar-refractivity contribution in [3.8, 4) is 0 Å². The van der Waals surface area contributed by atoms with Crippen molar-refractivity contribution in [1.82, 2.24) is 4.90 Å². The topological polar surface area (TPSA) is 20.3 Å². The van der Waals surface area contributed by atoms with Crippen LogP contribution in [-0.2, 0) is 4.79 Å². The Labute approximate surface area is 90.4 Å². The molecular weight excluding hydrogens is 194 g/mol. The van der Waals surface area contributed by atoms with Gasteiger partial charge < -0.3 is 0 Å². The van der Waals surface area contributed by atoms with Gasteiger partial charge in [0.2, 0.25) is 0 Å². The molecule has 0 aromatic carbocycles. The molecule has 2 atom stereocenters. The van der Waals surface area contributed by atoms with Crippen LogP contribution in [-0.4, -0.2) is 40.8 Å². The van der Waals surface area contributed by atoms with Crippen LogP contribution in [0.25, 0.3) is 0 Å². The molecular formula is C11H19NOS. The standard InChI is InChI=1S/C11H19NOS/c1-8-9(2)14-6-5-12(8)7-11(13)10-3-4-10/h8-10H,3-7H2,1-2H3. The number of Topliss-reactive ketones (excluding diaryl/α,β-unsaturated/α-hetero) is 1. The summed E-state index contributed by atoms with van der Waals surface area (Å²) in [4.78, 5) is 14.0. The predicted molar refractivity (Wildman–Crippen MR) is 60.7 cm³/mol. The van der Waals surface area contributed by atoms with Crippen LogP contribution in [0.3, 0.4) is 0 Å². The van der Waals surface area contributed by atoms with Crippen molar-refractivity contribution in [3.63, 3.8) is 0 Å². The van der Waals surface area contributed by atoms with Gasteiger partial charge in [0.05, 0.1) is 6.54 Å². The summed E-state index contributed by atoms with van der Waals surface area (Å²) in [5.41, 5.74) is 0. The monoisotopic (exact) mass is 213 g/mol. The first-order valence-electron chi connectivity index (χ1n) is 5.57. The first-order valence-corrected chi connectivity index (χ1v) is 6.61. The van der Waals surface area contributed by atoms with Crippen molar-refractivity contribution >= 4 is 17.5 Å². The van der Waals surface area contributed by atoms with Crippen LogP contribution < -0.4 is 0 Å². The lowest BCUT2D eigenvalue weighted by molar-refractivity contribution is -0.121. The normalized spacial score (nSPS) is 34.4. The molecule has 1 saturated carbocycles. The van der Waals surface area contributed by atoms with Crippen molar-refractivity contribution in [3.05, 3.63) is 0 Å². The third kappa shape index (κ3) is 2.31. The van der Waals surface area contributed by atoms with Gasteiger partial charge in [-0.2, -0.15) is 11.8 Å². The molecule has 2 fully saturated rings. The highest BCUT2D eigenvalue weighted by Gasteiger charge is 2.33. The van der Waals surface area contributed by atoms with E-state index >= 15 is 0 Å². The fourth-order valence-electron chi connectivity index (χ4n) is 1.95. The lowest BCUT2D eigenvalue weighted by Gasteiger charge is -2.36. The van der Waals surface area contributed by atoms with E-state index in [-0.39, 0.29) is 0 Å². The van der Waals surface area contributed by atoms with Gasteiger partial charge in [0.15, 0.2) is 0 Å². The highest BCUT2D eigenvalue weighted by molar-refractivity contribution is 8.00. The van der Waals surface area contributed by atoms with Crippen LogP contribution in [0.4, 0.5) is 0 Å². The average molecular weight is 213 g/mol. The van der Waals surface area contributed by atoms with Gasteiger partial charge in [-0.15, -0.1) is 0 Å². The first-order chi connectivity index (χ1) is 6.68. The van der Waals surface area contributed by atoms with Crippen molar-refractivity contribution in [2.75, 3.05) is 18.8 Å². The molecule has 1 aliphatic carbocycles. The van der Waals surface area contributed by atoms with Gasteiger partial charge in [-0.25, -0.2) is 0 Å². The van der Waals surface area contributed by atoms with Crippen molar-refractivity contribution in [2.24, 2.45) is 5.92 Å². The number of ketones is 1. The summed E-state index contributed by atoms with van der Waals surface area (Å²) >= 11 is 2.03. The van der Waals surface area contributed by atoms with Gasteiger partial charge >= 0.3 is 0 Å². The molecule has 2 unspecified atom stereocenters. The quantitative estimate of drug-likeness (QED) is 0.713. The van der Waals surface area contributed by atoms with Crippen LogP contribution in [0.5, 0.6) is 0 Å². The second-order valence-electron chi connectivity index (χ2n) is 4.53. The van der Waals surface area contributed by atoms with Gasteiger partial charge in [0.1, 0.15) is 5.78 Å². The Morgan fingerprint density at radius 2 is 2.14 bits per heavy atom. The third-order valence-corrected chi connectivity index (χ3v) is 4.74. The molecule has 0 aromatic rings. The maximum atomic E-state index is 11.7. The van der Waals surface area contributed by atoms with E-state index in [9.17, 15) is 4.79 Å². The van der Waals surface area contributed by atoms with Gasteiger partial charge in [-0.3, -0.25) is 9.69 Å². The molecule has 0 N–H and O–H groups in total. The summed E-state index contributed by atoms with van der Waals surface area (Å²) in [5, 5.41) is 0.677. The largest absolute Gasteiger partial charge is 0.298 e. The predicted octanol–water partition coefficient (Wildman–Crippen LogP) is 1.79. The number of carbonyl (C=O) groups excluding carboxylic acids is 1. The van der Waals surface area contributed by atoms with Crippen molar-refractivity contribution in [2.45, 2.75) is 38.0 Å². The van der Waals surface area contributed by atoms with Crippen LogP contribution in [0.1, 0.15) is 26.7 Å². The van der Waals surface area contributed by atoms with Gasteiger partial charge in [-0.1, -0.05) is 6.92 Å². The van der Waals surface area contributed by atoms with E-state index in [1.165, 1.54) is 5.75 Å². The Bertz CT molecular complexity index is 227. The zero-order valence-electron chi connectivity index (χ0n) is 9.03. The van der Waals surface area contributed by atoms with E-state index in [4.69, 9.17) is 0 Å². The molecule has 3 heteroatoms. The second-order valence-corrected chi connectivity index (χ2v) is 6.01. The molecule has 80 valence electrons.